The zero-order valence-electron chi connectivity index (χ0n) is 15.5. The van der Waals surface area contributed by atoms with Crippen LogP contribution in [0.3, 0.4) is 0 Å². The van der Waals surface area contributed by atoms with Gasteiger partial charge >= 0.3 is 0 Å². The van der Waals surface area contributed by atoms with Gasteiger partial charge in [-0.3, -0.25) is 0 Å². The molecular weight excluding hydrogens is 335 g/mol. The minimum atomic E-state index is -1.77. The molecule has 0 unspecified atom stereocenters. The summed E-state index contributed by atoms with van der Waals surface area (Å²) < 4.78 is 21.0. The molecule has 0 saturated carbocycles. The minimum absolute atomic E-state index is 0.174. The van der Waals surface area contributed by atoms with E-state index in [0.717, 1.165) is 12.0 Å². The van der Waals surface area contributed by atoms with Crippen molar-refractivity contribution in [1.82, 2.24) is 15.0 Å². The Labute approximate surface area is 149 Å². The molecule has 0 saturated heterocycles. The maximum Gasteiger partial charge on any atom is 0.191 e. The highest BCUT2D eigenvalue weighted by Crippen LogP contribution is 2.36. The molecule has 0 atom stereocenters. The molecule has 5 nitrogen and oxygen atoms in total. The van der Waals surface area contributed by atoms with E-state index in [4.69, 9.17) is 4.43 Å². The topological polar surface area (TPSA) is 63.7 Å². The molecule has 134 valence electrons. The first-order chi connectivity index (χ1) is 11.7. The smallest absolute Gasteiger partial charge is 0.191 e. The molecule has 2 aromatic rings. The van der Waals surface area contributed by atoms with Crippen LogP contribution >= 0.6 is 0 Å². The molecule has 0 amide bonds. The fraction of sp³-hybridized carbons (Fsp3) is 0.500. The van der Waals surface area contributed by atoms with E-state index in [1.165, 1.54) is 12.1 Å². The van der Waals surface area contributed by atoms with Gasteiger partial charge in [0, 0.05) is 18.7 Å². The van der Waals surface area contributed by atoms with Gasteiger partial charge in [-0.25, -0.2) is 9.07 Å². The Hall–Kier alpha value is -2.04. The molecule has 0 radical (unpaired) electrons. The number of aromatic nitrogens is 3. The Morgan fingerprint density at radius 3 is 2.44 bits per heavy atom. The molecule has 0 fully saturated rings. The molecule has 0 spiro atoms. The molecule has 1 heterocycles. The molecule has 0 aliphatic carbocycles. The van der Waals surface area contributed by atoms with Crippen molar-refractivity contribution < 1.29 is 8.82 Å². The van der Waals surface area contributed by atoms with E-state index in [1.54, 1.807) is 16.8 Å². The average molecular weight is 361 g/mol. The lowest BCUT2D eigenvalue weighted by Crippen LogP contribution is -2.41. The predicted octanol–water partition coefficient (Wildman–Crippen LogP) is 4.37. The summed E-state index contributed by atoms with van der Waals surface area (Å²) in [5.74, 6) is -0.316. The van der Waals surface area contributed by atoms with Crippen LogP contribution in [0.4, 0.5) is 4.39 Å². The highest BCUT2D eigenvalue weighted by molar-refractivity contribution is 6.74. The third-order valence-corrected chi connectivity index (χ3v) is 9.28. The second kappa shape index (κ2) is 7.46. The molecular formula is C18H25FN4OSi. The summed E-state index contributed by atoms with van der Waals surface area (Å²) in [5, 5.41) is 17.4. The van der Waals surface area contributed by atoms with Crippen molar-refractivity contribution in [2.24, 2.45) is 0 Å². The summed E-state index contributed by atoms with van der Waals surface area (Å²) in [4.78, 5) is 0. The summed E-state index contributed by atoms with van der Waals surface area (Å²) in [6, 6.07) is 8.06. The van der Waals surface area contributed by atoms with Crippen LogP contribution in [0.2, 0.25) is 18.1 Å². The fourth-order valence-electron chi connectivity index (χ4n) is 2.20. The van der Waals surface area contributed by atoms with E-state index in [0.29, 0.717) is 18.8 Å². The van der Waals surface area contributed by atoms with Gasteiger partial charge in [0.1, 0.15) is 17.6 Å². The molecule has 0 aliphatic rings. The maximum absolute atomic E-state index is 13.2. The number of rotatable bonds is 6. The van der Waals surface area contributed by atoms with E-state index < -0.39 is 8.32 Å². The van der Waals surface area contributed by atoms with Gasteiger partial charge in [-0.15, -0.1) is 5.10 Å². The SMILES string of the molecule is CC(C)(C)[Si](C)(C)OCCCn1nnc(C#N)c1-c1ccc(F)cc1. The summed E-state index contributed by atoms with van der Waals surface area (Å²) in [7, 11) is -1.77. The lowest BCUT2D eigenvalue weighted by atomic mass is 10.1. The largest absolute Gasteiger partial charge is 0.417 e. The van der Waals surface area contributed by atoms with E-state index in [-0.39, 0.29) is 16.5 Å². The van der Waals surface area contributed by atoms with Gasteiger partial charge in [0.25, 0.3) is 0 Å². The van der Waals surface area contributed by atoms with Gasteiger partial charge in [0.2, 0.25) is 0 Å². The second-order valence-corrected chi connectivity index (χ2v) is 12.4. The quantitative estimate of drug-likeness (QED) is 0.567. The molecule has 0 N–H and O–H groups in total. The molecule has 7 heteroatoms. The van der Waals surface area contributed by atoms with Crippen molar-refractivity contribution in [2.45, 2.75) is 51.9 Å². The predicted molar refractivity (Wildman–Crippen MR) is 97.9 cm³/mol. The zero-order valence-corrected chi connectivity index (χ0v) is 16.5. The number of aryl methyl sites for hydroxylation is 1. The summed E-state index contributed by atoms with van der Waals surface area (Å²) in [6.07, 6.45) is 0.773. The van der Waals surface area contributed by atoms with E-state index >= 15 is 0 Å². The van der Waals surface area contributed by atoms with Crippen molar-refractivity contribution in [2.75, 3.05) is 6.61 Å². The van der Waals surface area contributed by atoms with Gasteiger partial charge in [-0.2, -0.15) is 5.26 Å². The van der Waals surface area contributed by atoms with Crippen molar-refractivity contribution >= 4 is 8.32 Å². The Balaban J connectivity index is 2.08. The van der Waals surface area contributed by atoms with Crippen molar-refractivity contribution in [3.8, 4) is 17.3 Å². The molecule has 25 heavy (non-hydrogen) atoms. The van der Waals surface area contributed by atoms with Crippen molar-refractivity contribution in [1.29, 1.82) is 5.26 Å². The lowest BCUT2D eigenvalue weighted by molar-refractivity contribution is 0.272. The average Bonchev–Trinajstić information content (AvgIpc) is 2.94. The molecule has 2 rings (SSSR count). The number of nitriles is 1. The van der Waals surface area contributed by atoms with E-state index in [2.05, 4.69) is 50.2 Å². The third-order valence-electron chi connectivity index (χ3n) is 4.74. The lowest BCUT2D eigenvalue weighted by Gasteiger charge is -2.36. The third kappa shape index (κ3) is 4.53. The standard InChI is InChI=1S/C18H25FN4OSi/c1-18(2,3)25(4,5)24-12-6-11-23-17(16(13-20)21-22-23)14-7-9-15(19)10-8-14/h7-10H,6,11-12H2,1-5H3. The van der Waals surface area contributed by atoms with Crippen LogP contribution in [0.25, 0.3) is 11.3 Å². The van der Waals surface area contributed by atoms with Crippen LogP contribution in [-0.2, 0) is 11.0 Å². The molecule has 0 bridgehead atoms. The van der Waals surface area contributed by atoms with Crippen LogP contribution < -0.4 is 0 Å². The molecule has 1 aromatic carbocycles. The Bertz CT molecular complexity index is 757. The van der Waals surface area contributed by atoms with E-state index in [9.17, 15) is 9.65 Å². The first kappa shape index (κ1) is 19.3. The first-order valence-corrected chi connectivity index (χ1v) is 11.3. The highest BCUT2D eigenvalue weighted by atomic mass is 28.4. The number of hydrogen-bond acceptors (Lipinski definition) is 4. The van der Waals surface area contributed by atoms with Crippen LogP contribution in [0.15, 0.2) is 24.3 Å². The zero-order chi connectivity index (χ0) is 18.7. The summed E-state index contributed by atoms with van der Waals surface area (Å²) >= 11 is 0. The second-order valence-electron chi connectivity index (χ2n) is 7.59. The number of benzene rings is 1. The Morgan fingerprint density at radius 1 is 1.24 bits per heavy atom. The first-order valence-electron chi connectivity index (χ1n) is 8.39. The minimum Gasteiger partial charge on any atom is -0.417 e. The molecule has 0 aliphatic heterocycles. The normalized spacial score (nSPS) is 12.2. The van der Waals surface area contributed by atoms with Crippen LogP contribution in [0.1, 0.15) is 32.9 Å². The number of hydrogen-bond donors (Lipinski definition) is 0. The highest BCUT2D eigenvalue weighted by Gasteiger charge is 2.36. The monoisotopic (exact) mass is 360 g/mol. The number of nitrogens with zero attached hydrogens (tertiary/aromatic N) is 4. The van der Waals surface area contributed by atoms with Crippen LogP contribution in [-0.4, -0.2) is 29.9 Å². The van der Waals surface area contributed by atoms with Gasteiger partial charge in [0.05, 0.1) is 0 Å². The van der Waals surface area contributed by atoms with Gasteiger partial charge in [-0.1, -0.05) is 26.0 Å². The Morgan fingerprint density at radius 2 is 1.88 bits per heavy atom. The van der Waals surface area contributed by atoms with Crippen LogP contribution in [0.5, 0.6) is 0 Å². The van der Waals surface area contributed by atoms with Crippen LogP contribution in [0, 0.1) is 17.1 Å². The van der Waals surface area contributed by atoms with Gasteiger partial charge < -0.3 is 4.43 Å². The maximum atomic E-state index is 13.2. The van der Waals surface area contributed by atoms with Crippen molar-refractivity contribution in [3.63, 3.8) is 0 Å². The summed E-state index contributed by atoms with van der Waals surface area (Å²) in [6.45, 7) is 12.3. The van der Waals surface area contributed by atoms with Gasteiger partial charge in [0.15, 0.2) is 14.0 Å². The number of halogens is 1. The van der Waals surface area contributed by atoms with E-state index in [1.807, 2.05) is 0 Å². The van der Waals surface area contributed by atoms with Crippen molar-refractivity contribution in [3.05, 3.63) is 35.8 Å². The summed E-state index contributed by atoms with van der Waals surface area (Å²) in [5.41, 5.74) is 1.60. The van der Waals surface area contributed by atoms with Gasteiger partial charge in [-0.05, 0) is 48.8 Å². The Kier molecular flexibility index (Phi) is 5.75. The molecule has 1 aromatic heterocycles. The fourth-order valence-corrected chi connectivity index (χ4v) is 3.28.